The zero-order valence-electron chi connectivity index (χ0n) is 49.2. The normalized spacial score (nSPS) is 30.2. The number of hydrogen-bond acceptors (Lipinski definition) is 18. The van der Waals surface area contributed by atoms with Crippen molar-refractivity contribution in [1.29, 1.82) is 0 Å². The number of aliphatic hydroxyl groups excluding tert-OH is 11. The van der Waals surface area contributed by atoms with Crippen LogP contribution < -0.4 is 5.32 Å². The molecule has 472 valence electrons. The van der Waals surface area contributed by atoms with E-state index < -0.39 is 124 Å². The van der Waals surface area contributed by atoms with Crippen molar-refractivity contribution < 1.29 is 89.4 Å². The van der Waals surface area contributed by atoms with Crippen molar-refractivity contribution in [2.45, 2.75) is 279 Å². The Kier molecular flexibility index (Phi) is 40.5. The molecule has 19 heteroatoms. The number of unbranched alkanes of at least 4 members (excludes halogenated alkanes) is 16. The van der Waals surface area contributed by atoms with Gasteiger partial charge in [0.05, 0.1) is 38.6 Å². The monoisotopic (exact) mass is 1170 g/mol. The third-order valence-electron chi connectivity index (χ3n) is 14.9. The lowest BCUT2D eigenvalue weighted by atomic mass is 9.96. The molecule has 0 bridgehead atoms. The third kappa shape index (κ3) is 28.4. The maximum atomic E-state index is 13.3. The van der Waals surface area contributed by atoms with Crippen molar-refractivity contribution in [3.05, 3.63) is 85.1 Å². The Labute approximate surface area is 489 Å². The standard InChI is InChI=1S/C63H107NO18/c1-3-5-7-9-11-13-15-17-19-21-22-23-25-26-28-30-32-34-36-38-40-47(68)46(64-51(69)41-39-37-35-33-31-29-27-24-20-18-16-14-12-10-8-6-4-2)45-77-61-57(75)54(72)59(49(43-66)79-61)82-63-58(76)55(73)60(50(44-67)80-63)81-62-56(74)53(71)52(70)48(42-65)78-62/h6,8,12,14,18,20,23,25,27,29-30,32,38,40,46-50,52-63,65-68,70-76H,3-5,7,9-11,13,15-17,19,21-22,24,26,28,31,33-37,39,41-45H2,1-2H3,(H,64,69)/b8-6-,14-12-,20-18-,25-23+,29-27-,32-30+,40-38+. The van der Waals surface area contributed by atoms with Gasteiger partial charge in [-0.2, -0.15) is 0 Å². The van der Waals surface area contributed by atoms with Crippen LogP contribution >= 0.6 is 0 Å². The predicted octanol–water partition coefficient (Wildman–Crippen LogP) is 5.98. The second kappa shape index (κ2) is 45.3. The Morgan fingerprint density at radius 2 is 0.854 bits per heavy atom. The topological polar surface area (TPSA) is 307 Å². The van der Waals surface area contributed by atoms with Gasteiger partial charge in [-0.3, -0.25) is 4.79 Å². The maximum absolute atomic E-state index is 13.3. The minimum absolute atomic E-state index is 0.199. The Balaban J connectivity index is 1.53. The van der Waals surface area contributed by atoms with Crippen LogP contribution in [0.25, 0.3) is 0 Å². The van der Waals surface area contributed by atoms with Crippen molar-refractivity contribution in [2.75, 3.05) is 26.4 Å². The van der Waals surface area contributed by atoms with Crippen molar-refractivity contribution in [3.63, 3.8) is 0 Å². The highest BCUT2D eigenvalue weighted by molar-refractivity contribution is 5.76. The van der Waals surface area contributed by atoms with E-state index in [0.717, 1.165) is 77.0 Å². The van der Waals surface area contributed by atoms with Gasteiger partial charge in [-0.05, 0) is 83.5 Å². The first kappa shape index (κ1) is 73.2. The van der Waals surface area contributed by atoms with Gasteiger partial charge < -0.3 is 89.9 Å². The van der Waals surface area contributed by atoms with E-state index in [1.807, 2.05) is 6.08 Å². The Morgan fingerprint density at radius 1 is 0.451 bits per heavy atom. The lowest BCUT2D eigenvalue weighted by molar-refractivity contribution is -0.379. The predicted molar refractivity (Wildman–Crippen MR) is 314 cm³/mol. The summed E-state index contributed by atoms with van der Waals surface area (Å²) >= 11 is 0. The summed E-state index contributed by atoms with van der Waals surface area (Å²) in [6, 6.07) is -1.01. The highest BCUT2D eigenvalue weighted by atomic mass is 16.8. The molecule has 3 rings (SSSR count). The lowest BCUT2D eigenvalue weighted by Crippen LogP contribution is -2.66. The molecule has 19 nitrogen and oxygen atoms in total. The molecule has 0 saturated carbocycles. The zero-order chi connectivity index (χ0) is 59.7. The molecule has 0 aromatic carbocycles. The van der Waals surface area contributed by atoms with E-state index in [9.17, 15) is 61.0 Å². The van der Waals surface area contributed by atoms with Gasteiger partial charge in [0.1, 0.15) is 73.2 Å². The van der Waals surface area contributed by atoms with E-state index in [-0.39, 0.29) is 18.9 Å². The highest BCUT2D eigenvalue weighted by Gasteiger charge is 2.53. The Morgan fingerprint density at radius 3 is 1.37 bits per heavy atom. The van der Waals surface area contributed by atoms with E-state index in [0.29, 0.717) is 12.8 Å². The fourth-order valence-electron chi connectivity index (χ4n) is 9.86. The number of allylic oxidation sites excluding steroid dienone is 13. The first-order valence-corrected chi connectivity index (χ1v) is 30.8. The Hall–Kier alpha value is -3.03. The number of carbonyl (C=O) groups excluding carboxylic acids is 1. The number of rotatable bonds is 44. The fraction of sp³-hybridized carbons (Fsp3) is 0.762. The molecule has 3 heterocycles. The van der Waals surface area contributed by atoms with Crippen LogP contribution in [0.15, 0.2) is 85.1 Å². The number of amides is 1. The van der Waals surface area contributed by atoms with Crippen LogP contribution in [0, 0.1) is 0 Å². The zero-order valence-corrected chi connectivity index (χ0v) is 49.2. The molecule has 0 aliphatic carbocycles. The van der Waals surface area contributed by atoms with Gasteiger partial charge in [0.2, 0.25) is 5.91 Å². The summed E-state index contributed by atoms with van der Waals surface area (Å²) in [6.07, 6.45) is 28.5. The van der Waals surface area contributed by atoms with Gasteiger partial charge >= 0.3 is 0 Å². The highest BCUT2D eigenvalue weighted by Crippen LogP contribution is 2.33. The van der Waals surface area contributed by atoms with Crippen LogP contribution in [-0.2, 0) is 33.2 Å². The molecule has 3 aliphatic heterocycles. The summed E-state index contributed by atoms with van der Waals surface area (Å²) in [5.74, 6) is -0.317. The SMILES string of the molecule is CC/C=C\C/C=C\C/C=C\C/C=C\CCCCCCC(=O)NC(COC1OC(CO)C(OC2OC(CO)C(OC3OC(CO)C(O)C(O)C3O)C(O)C2O)C(O)C1O)C(O)/C=C/CC/C=C/CC/C=C/CCCCCCCCCCCC. The molecule has 17 unspecified atom stereocenters. The van der Waals surface area contributed by atoms with Crippen molar-refractivity contribution in [2.24, 2.45) is 0 Å². The second-order valence-electron chi connectivity index (χ2n) is 21.8. The third-order valence-corrected chi connectivity index (χ3v) is 14.9. The van der Waals surface area contributed by atoms with Crippen molar-refractivity contribution in [3.8, 4) is 0 Å². The number of nitrogens with one attached hydrogen (secondary N) is 1. The van der Waals surface area contributed by atoms with E-state index in [1.165, 1.54) is 64.2 Å². The van der Waals surface area contributed by atoms with Crippen LogP contribution in [-0.4, -0.2) is 193 Å². The quantitative estimate of drug-likeness (QED) is 0.0247. The smallest absolute Gasteiger partial charge is 0.220 e. The number of ether oxygens (including phenoxy) is 6. The molecule has 82 heavy (non-hydrogen) atoms. The van der Waals surface area contributed by atoms with Crippen LogP contribution in [0.5, 0.6) is 0 Å². The van der Waals surface area contributed by atoms with Crippen LogP contribution in [0.2, 0.25) is 0 Å². The van der Waals surface area contributed by atoms with Gasteiger partial charge in [0.15, 0.2) is 18.9 Å². The fourth-order valence-corrected chi connectivity index (χ4v) is 9.86. The van der Waals surface area contributed by atoms with Gasteiger partial charge in [-0.1, -0.05) is 170 Å². The molecule has 3 saturated heterocycles. The minimum atomic E-state index is -1.99. The summed E-state index contributed by atoms with van der Waals surface area (Å²) in [7, 11) is 0. The van der Waals surface area contributed by atoms with Crippen LogP contribution in [0.3, 0.4) is 0 Å². The lowest BCUT2D eigenvalue weighted by Gasteiger charge is -2.48. The van der Waals surface area contributed by atoms with Gasteiger partial charge in [-0.25, -0.2) is 0 Å². The largest absolute Gasteiger partial charge is 0.394 e. The molecule has 17 atom stereocenters. The van der Waals surface area contributed by atoms with Gasteiger partial charge in [0, 0.05) is 6.42 Å². The van der Waals surface area contributed by atoms with Crippen molar-refractivity contribution in [1.82, 2.24) is 5.32 Å². The maximum Gasteiger partial charge on any atom is 0.220 e. The van der Waals surface area contributed by atoms with Crippen molar-refractivity contribution >= 4 is 5.91 Å². The molecule has 0 radical (unpaired) electrons. The molecule has 3 aliphatic rings. The molecular formula is C63H107NO18. The molecular weight excluding hydrogens is 1060 g/mol. The number of hydrogen-bond donors (Lipinski definition) is 12. The summed E-state index contributed by atoms with van der Waals surface area (Å²) < 4.78 is 34.2. The summed E-state index contributed by atoms with van der Waals surface area (Å²) in [5, 5.41) is 120. The van der Waals surface area contributed by atoms with E-state index in [1.54, 1.807) is 6.08 Å². The first-order chi connectivity index (χ1) is 39.8. The molecule has 0 aromatic heterocycles. The summed E-state index contributed by atoms with van der Waals surface area (Å²) in [6.45, 7) is 1.54. The van der Waals surface area contributed by atoms with Crippen LogP contribution in [0.1, 0.15) is 174 Å². The average molecular weight is 1170 g/mol. The molecule has 12 N–H and O–H groups in total. The first-order valence-electron chi connectivity index (χ1n) is 30.8. The molecule has 0 spiro atoms. The summed E-state index contributed by atoms with van der Waals surface area (Å²) in [4.78, 5) is 13.3. The van der Waals surface area contributed by atoms with E-state index in [4.69, 9.17) is 28.4 Å². The van der Waals surface area contributed by atoms with Gasteiger partial charge in [0.25, 0.3) is 0 Å². The Bertz CT molecular complexity index is 1820. The van der Waals surface area contributed by atoms with E-state index in [2.05, 4.69) is 92.1 Å². The molecule has 3 fully saturated rings. The van der Waals surface area contributed by atoms with Gasteiger partial charge in [-0.15, -0.1) is 0 Å². The van der Waals surface area contributed by atoms with Crippen LogP contribution in [0.4, 0.5) is 0 Å². The number of aliphatic hydroxyl groups is 11. The average Bonchev–Trinajstić information content (AvgIpc) is 3.39. The second-order valence-corrected chi connectivity index (χ2v) is 21.8. The number of carbonyl (C=O) groups is 1. The minimum Gasteiger partial charge on any atom is -0.394 e. The molecule has 0 aromatic rings. The van der Waals surface area contributed by atoms with E-state index >= 15 is 0 Å². The molecule has 1 amide bonds. The summed E-state index contributed by atoms with van der Waals surface area (Å²) in [5.41, 5.74) is 0.